The van der Waals surface area contributed by atoms with Crippen LogP contribution in [0.2, 0.25) is 0 Å². The number of carbonyl (C=O) groups is 2. The van der Waals surface area contributed by atoms with Crippen molar-refractivity contribution >= 4 is 23.8 Å². The van der Waals surface area contributed by atoms with Crippen LogP contribution >= 0.6 is 0 Å². The zero-order valence-corrected chi connectivity index (χ0v) is 24.3. The van der Waals surface area contributed by atoms with Crippen molar-refractivity contribution < 1.29 is 18.7 Å². The maximum absolute atomic E-state index is 15.3. The van der Waals surface area contributed by atoms with Crippen LogP contribution in [0, 0.1) is 0 Å². The van der Waals surface area contributed by atoms with Crippen LogP contribution in [0.4, 0.5) is 4.39 Å². The van der Waals surface area contributed by atoms with E-state index in [-0.39, 0.29) is 17.2 Å². The van der Waals surface area contributed by atoms with E-state index in [1.54, 1.807) is 11.0 Å². The van der Waals surface area contributed by atoms with Crippen LogP contribution in [-0.4, -0.2) is 60.8 Å². The van der Waals surface area contributed by atoms with E-state index in [9.17, 15) is 9.59 Å². The van der Waals surface area contributed by atoms with Gasteiger partial charge in [0, 0.05) is 31.5 Å². The number of hydrogen-bond donors (Lipinski definition) is 2. The Labute approximate surface area is 242 Å². The van der Waals surface area contributed by atoms with Crippen LogP contribution in [0.1, 0.15) is 46.0 Å². The molecule has 1 aliphatic carbocycles. The van der Waals surface area contributed by atoms with Crippen molar-refractivity contribution in [3.05, 3.63) is 93.9 Å². The molecule has 1 atom stereocenters. The third kappa shape index (κ3) is 7.24. The van der Waals surface area contributed by atoms with Gasteiger partial charge in [-0.15, -0.1) is 0 Å². The molecule has 7 nitrogen and oxygen atoms in total. The lowest BCUT2D eigenvalue weighted by molar-refractivity contribution is -0.121. The number of hydrogen-bond acceptors (Lipinski definition) is 6. The summed E-state index contributed by atoms with van der Waals surface area (Å²) >= 11 is 0. The van der Waals surface area contributed by atoms with Crippen LogP contribution in [-0.2, 0) is 14.3 Å². The third-order valence-corrected chi connectivity index (χ3v) is 7.43. The second kappa shape index (κ2) is 14.1. The summed E-state index contributed by atoms with van der Waals surface area (Å²) in [6, 6.07) is 7.91. The van der Waals surface area contributed by atoms with Gasteiger partial charge in [0.25, 0.3) is 5.91 Å². The Hall–Kier alpha value is -3.91. The average Bonchev–Trinajstić information content (AvgIpc) is 3.34. The molecule has 1 amide bonds. The lowest BCUT2D eigenvalue weighted by Crippen LogP contribution is -2.31. The number of fused-ring (bicyclic) bond motifs is 2. The fourth-order valence-electron chi connectivity index (χ4n) is 5.37. The van der Waals surface area contributed by atoms with Gasteiger partial charge in [-0.3, -0.25) is 9.59 Å². The highest BCUT2D eigenvalue weighted by molar-refractivity contribution is 6.18. The van der Waals surface area contributed by atoms with Crippen LogP contribution in [0.15, 0.2) is 83.4 Å². The molecule has 4 rings (SSSR count). The number of amides is 1. The summed E-state index contributed by atoms with van der Waals surface area (Å²) in [5.74, 6) is -0.860. The predicted octanol–water partition coefficient (Wildman–Crippen LogP) is 3.52. The minimum atomic E-state index is -0.516. The maximum Gasteiger partial charge on any atom is 0.256 e. The molecule has 3 aliphatic rings. The second-order valence-electron chi connectivity index (χ2n) is 10.5. The van der Waals surface area contributed by atoms with Crippen LogP contribution in [0.3, 0.4) is 0 Å². The Kier molecular flexibility index (Phi) is 10.4. The van der Waals surface area contributed by atoms with Crippen molar-refractivity contribution in [2.24, 2.45) is 0 Å². The number of ether oxygens (including phenoxy) is 1. The molecule has 0 aromatic heterocycles. The normalized spacial score (nSPS) is 19.1. The van der Waals surface area contributed by atoms with Gasteiger partial charge in [-0.05, 0) is 87.9 Å². The molecule has 2 bridgehead atoms. The van der Waals surface area contributed by atoms with Gasteiger partial charge in [-0.25, -0.2) is 4.39 Å². The van der Waals surface area contributed by atoms with E-state index in [2.05, 4.69) is 17.2 Å². The summed E-state index contributed by atoms with van der Waals surface area (Å²) in [6.07, 6.45) is 13.2. The first-order valence-corrected chi connectivity index (χ1v) is 14.4. The van der Waals surface area contributed by atoms with Gasteiger partial charge in [0.2, 0.25) is 0 Å². The number of ketones is 1. The Bertz CT molecular complexity index is 1410. The molecule has 1 unspecified atom stereocenters. The first-order chi connectivity index (χ1) is 19.8. The lowest BCUT2D eigenvalue weighted by Gasteiger charge is -2.29. The van der Waals surface area contributed by atoms with Gasteiger partial charge >= 0.3 is 0 Å². The van der Waals surface area contributed by atoms with E-state index >= 15 is 4.39 Å². The number of nitrogens with one attached hydrogen (secondary N) is 2. The molecule has 41 heavy (non-hydrogen) atoms. The standard InChI is InChI=1S/C33H41FN4O3/c1-5-30-32(31(23(2)34)37-17-11-12-18-37)41-28-20-26-14-8-7-13-25(26)19-27(21-28)38(30)22-29(24(3)39)33(40)36-16-10-6-9-15-35-4/h5,7-8,13-14,19-22,28,35H,1,6,9-12,15-18H2,2-4H3,(H,36,40)/b29-22+,31-23-. The molecular weight excluding hydrogens is 519 g/mol. The molecule has 1 aromatic rings. The molecule has 1 fully saturated rings. The highest BCUT2D eigenvalue weighted by Crippen LogP contribution is 2.35. The Morgan fingerprint density at radius 1 is 1.07 bits per heavy atom. The summed E-state index contributed by atoms with van der Waals surface area (Å²) in [4.78, 5) is 29.8. The van der Waals surface area contributed by atoms with Gasteiger partial charge < -0.3 is 25.2 Å². The van der Waals surface area contributed by atoms with Crippen molar-refractivity contribution in [2.75, 3.05) is 33.2 Å². The Morgan fingerprint density at radius 3 is 2.44 bits per heavy atom. The minimum absolute atomic E-state index is 0.00291. The van der Waals surface area contributed by atoms with E-state index in [1.807, 2.05) is 54.4 Å². The number of unbranched alkanes of at least 4 members (excludes halogenated alkanes) is 2. The molecule has 0 spiro atoms. The monoisotopic (exact) mass is 560 g/mol. The first-order valence-electron chi connectivity index (χ1n) is 14.4. The highest BCUT2D eigenvalue weighted by atomic mass is 19.1. The average molecular weight is 561 g/mol. The van der Waals surface area contributed by atoms with Gasteiger partial charge in [0.1, 0.15) is 17.6 Å². The van der Waals surface area contributed by atoms with Crippen molar-refractivity contribution in [1.82, 2.24) is 20.4 Å². The van der Waals surface area contributed by atoms with Crippen LogP contribution < -0.4 is 21.1 Å². The fraction of sp³-hybridized carbons (Fsp3) is 0.394. The SMILES string of the molecule is C=CC1=C(/C(=C(\C)F)N2CCCC2)OC2C=C(C=c3ccccc3=C2)N1/C=C(\C(C)=O)C(=O)NCCCCCNC. The quantitative estimate of drug-likeness (QED) is 0.176. The van der Waals surface area contributed by atoms with E-state index in [0.29, 0.717) is 42.5 Å². The fourth-order valence-corrected chi connectivity index (χ4v) is 5.37. The van der Waals surface area contributed by atoms with E-state index in [1.165, 1.54) is 20.0 Å². The molecule has 2 heterocycles. The molecule has 1 aromatic carbocycles. The molecule has 2 N–H and O–H groups in total. The molecule has 0 saturated carbocycles. The van der Waals surface area contributed by atoms with Gasteiger partial charge in [0.15, 0.2) is 11.5 Å². The van der Waals surface area contributed by atoms with Crippen molar-refractivity contribution in [3.8, 4) is 0 Å². The molecule has 0 radical (unpaired) electrons. The summed E-state index contributed by atoms with van der Waals surface area (Å²) in [7, 11) is 1.91. The van der Waals surface area contributed by atoms with Gasteiger partial charge in [0.05, 0.1) is 11.3 Å². The number of Topliss-reactive ketones (excluding diaryl/α,β-unsaturated/α-hetero) is 1. The number of rotatable bonds is 12. The second-order valence-corrected chi connectivity index (χ2v) is 10.5. The Balaban J connectivity index is 1.82. The topological polar surface area (TPSA) is 73.9 Å². The van der Waals surface area contributed by atoms with Crippen molar-refractivity contribution in [1.29, 1.82) is 0 Å². The van der Waals surface area contributed by atoms with E-state index in [0.717, 1.165) is 49.1 Å². The molecule has 2 aliphatic heterocycles. The predicted molar refractivity (Wildman–Crippen MR) is 161 cm³/mol. The number of carbonyl (C=O) groups excluding carboxylic acids is 2. The number of nitrogens with zero attached hydrogens (tertiary/aromatic N) is 2. The highest BCUT2D eigenvalue weighted by Gasteiger charge is 2.31. The van der Waals surface area contributed by atoms with Crippen LogP contribution in [0.25, 0.3) is 12.2 Å². The first kappa shape index (κ1) is 30.1. The van der Waals surface area contributed by atoms with E-state index in [4.69, 9.17) is 4.74 Å². The molecule has 8 heteroatoms. The number of allylic oxidation sites excluding steroid dienone is 3. The zero-order chi connectivity index (χ0) is 29.4. The van der Waals surface area contributed by atoms with Gasteiger partial charge in [-0.2, -0.15) is 0 Å². The molecular formula is C33H41FN4O3. The van der Waals surface area contributed by atoms with Crippen molar-refractivity contribution in [3.63, 3.8) is 0 Å². The number of likely N-dealkylation sites (tertiary alicyclic amines) is 1. The van der Waals surface area contributed by atoms with Crippen LogP contribution in [0.5, 0.6) is 0 Å². The van der Waals surface area contributed by atoms with Gasteiger partial charge in [-0.1, -0.05) is 37.3 Å². The lowest BCUT2D eigenvalue weighted by atomic mass is 10.1. The molecule has 1 saturated heterocycles. The third-order valence-electron chi connectivity index (χ3n) is 7.43. The minimum Gasteiger partial charge on any atom is -0.478 e. The summed E-state index contributed by atoms with van der Waals surface area (Å²) < 4.78 is 21.9. The smallest absolute Gasteiger partial charge is 0.256 e. The summed E-state index contributed by atoms with van der Waals surface area (Å²) in [5, 5.41) is 7.95. The summed E-state index contributed by atoms with van der Waals surface area (Å²) in [6.45, 7) is 9.66. The Morgan fingerprint density at radius 2 is 1.78 bits per heavy atom. The molecule has 218 valence electrons. The zero-order valence-electron chi connectivity index (χ0n) is 24.3. The van der Waals surface area contributed by atoms with E-state index < -0.39 is 12.0 Å². The number of benzene rings is 1. The maximum atomic E-state index is 15.3. The largest absolute Gasteiger partial charge is 0.478 e. The van der Waals surface area contributed by atoms with Crippen molar-refractivity contribution in [2.45, 2.75) is 52.1 Å². The summed E-state index contributed by atoms with van der Waals surface area (Å²) in [5.41, 5.74) is 1.52. The number of halogens is 1.